The van der Waals surface area contributed by atoms with Crippen LogP contribution in [0.15, 0.2) is 21.7 Å². The van der Waals surface area contributed by atoms with Crippen molar-refractivity contribution in [2.45, 2.75) is 11.8 Å². The highest BCUT2D eigenvalue weighted by atomic mass is 35.5. The summed E-state index contributed by atoms with van der Waals surface area (Å²) in [5, 5.41) is -8.09. The van der Waals surface area contributed by atoms with Crippen LogP contribution in [0.1, 0.15) is 0 Å². The molecule has 0 unspecified atom stereocenters. The van der Waals surface area contributed by atoms with E-state index in [0.717, 1.165) is 0 Å². The van der Waals surface area contributed by atoms with Crippen LogP contribution in [0.4, 0.5) is 30.7 Å². The third-order valence-corrected chi connectivity index (χ3v) is 4.73. The lowest BCUT2D eigenvalue weighted by atomic mass is 10.0. The Balaban J connectivity index is 2.71. The Labute approximate surface area is 159 Å². The summed E-state index contributed by atoms with van der Waals surface area (Å²) in [7, 11) is 0. The quantitative estimate of drug-likeness (QED) is 0.248. The van der Waals surface area contributed by atoms with Gasteiger partial charge in [0.05, 0.1) is 0 Å². The number of hydrogen-bond donors (Lipinski definition) is 0. The lowest BCUT2D eigenvalue weighted by Crippen LogP contribution is -2.41. The van der Waals surface area contributed by atoms with Gasteiger partial charge in [-0.25, -0.2) is 17.6 Å². The molecular formula is C12Cl5F7O. The molecule has 0 saturated heterocycles. The van der Waals surface area contributed by atoms with E-state index in [2.05, 4.69) is 4.74 Å². The fourth-order valence-electron chi connectivity index (χ4n) is 1.66. The van der Waals surface area contributed by atoms with Crippen LogP contribution in [0.2, 0.25) is 15.1 Å². The summed E-state index contributed by atoms with van der Waals surface area (Å²) in [4.78, 5) is 0. The molecule has 138 valence electrons. The second-order valence-electron chi connectivity index (χ2n) is 4.43. The van der Waals surface area contributed by atoms with Crippen molar-refractivity contribution in [2.24, 2.45) is 0 Å². The van der Waals surface area contributed by atoms with Crippen molar-refractivity contribution >= 4 is 58.0 Å². The maximum absolute atomic E-state index is 14.6. The molecule has 0 bridgehead atoms. The molecule has 1 aliphatic carbocycles. The predicted octanol–water partition coefficient (Wildman–Crippen LogP) is 7.46. The Kier molecular flexibility index (Phi) is 5.45. The van der Waals surface area contributed by atoms with E-state index in [-0.39, 0.29) is 0 Å². The molecule has 1 nitrogen and oxygen atoms in total. The minimum Gasteiger partial charge on any atom is -0.443 e. The highest BCUT2D eigenvalue weighted by Gasteiger charge is 2.60. The first-order valence-corrected chi connectivity index (χ1v) is 7.57. The second kappa shape index (κ2) is 6.56. The van der Waals surface area contributed by atoms with Gasteiger partial charge in [0.2, 0.25) is 11.7 Å². The monoisotopic (exact) mass is 468 g/mol. The summed E-state index contributed by atoms with van der Waals surface area (Å²) in [6.45, 7) is 0. The van der Waals surface area contributed by atoms with Crippen LogP contribution in [0, 0.1) is 11.6 Å². The highest BCUT2D eigenvalue weighted by molar-refractivity contribution is 6.40. The minimum atomic E-state index is -4.60. The SMILES string of the molecule is FC1=C(Cl)C(F)(F)C(Cl)=C(F)C1(F)Oc1c(Cl)c(F)c(Cl)c(F)c1Cl. The number of benzene rings is 1. The Morgan fingerprint density at radius 3 is 1.36 bits per heavy atom. The molecule has 25 heavy (non-hydrogen) atoms. The largest absolute Gasteiger partial charge is 0.443 e. The molecular weight excluding hydrogens is 470 g/mol. The lowest BCUT2D eigenvalue weighted by molar-refractivity contribution is -0.0458. The van der Waals surface area contributed by atoms with E-state index in [0.29, 0.717) is 0 Å². The highest BCUT2D eigenvalue weighted by Crippen LogP contribution is 2.54. The molecule has 0 amide bonds. The van der Waals surface area contributed by atoms with Gasteiger partial charge in [0.25, 0.3) is 0 Å². The Hall–Kier alpha value is -0.540. The zero-order chi connectivity index (χ0) is 19.5. The Morgan fingerprint density at radius 1 is 0.640 bits per heavy atom. The van der Waals surface area contributed by atoms with Gasteiger partial charge in [-0.2, -0.15) is 13.2 Å². The predicted molar refractivity (Wildman–Crippen MR) is 78.8 cm³/mol. The minimum absolute atomic E-state index is 1.23. The van der Waals surface area contributed by atoms with E-state index in [9.17, 15) is 30.7 Å². The molecule has 0 aliphatic heterocycles. The Bertz CT molecular complexity index is 779. The lowest BCUT2D eigenvalue weighted by Gasteiger charge is -2.31. The van der Waals surface area contributed by atoms with E-state index in [1.807, 2.05) is 0 Å². The van der Waals surface area contributed by atoms with Crippen molar-refractivity contribution in [3.63, 3.8) is 0 Å². The van der Waals surface area contributed by atoms with Crippen LogP contribution in [0.3, 0.4) is 0 Å². The molecule has 0 N–H and O–H groups in total. The summed E-state index contributed by atoms with van der Waals surface area (Å²) in [5.41, 5.74) is 0. The fourth-order valence-corrected chi connectivity index (χ4v) is 2.92. The third kappa shape index (κ3) is 2.96. The van der Waals surface area contributed by atoms with Crippen molar-refractivity contribution in [3.05, 3.63) is 48.4 Å². The van der Waals surface area contributed by atoms with Gasteiger partial charge in [-0.3, -0.25) is 0 Å². The van der Waals surface area contributed by atoms with E-state index in [1.165, 1.54) is 0 Å². The maximum Gasteiger partial charge on any atom is 0.356 e. The van der Waals surface area contributed by atoms with E-state index < -0.39 is 65.9 Å². The molecule has 0 saturated carbocycles. The molecule has 1 aromatic carbocycles. The maximum atomic E-state index is 14.6. The van der Waals surface area contributed by atoms with Gasteiger partial charge in [0, 0.05) is 0 Å². The molecule has 0 spiro atoms. The Morgan fingerprint density at radius 2 is 1.00 bits per heavy atom. The molecule has 0 atom stereocenters. The van der Waals surface area contributed by atoms with E-state index >= 15 is 0 Å². The molecule has 1 aromatic rings. The average Bonchev–Trinajstić information content (AvgIpc) is 2.57. The standard InChI is InChI=1S/C12Cl5F7O/c13-1-4(18)2(14)6(3(15)5(1)19)25-12(24)9(20)7(16)11(22,23)8(17)10(12)21. The van der Waals surface area contributed by atoms with Crippen LogP contribution in [-0.2, 0) is 0 Å². The summed E-state index contributed by atoms with van der Waals surface area (Å²) in [6, 6.07) is 0. The van der Waals surface area contributed by atoms with Crippen molar-refractivity contribution < 1.29 is 35.5 Å². The zero-order valence-electron chi connectivity index (χ0n) is 10.9. The average molecular weight is 470 g/mol. The van der Waals surface area contributed by atoms with Crippen LogP contribution in [-0.4, -0.2) is 11.8 Å². The number of ether oxygens (including phenoxy) is 1. The third-order valence-electron chi connectivity index (χ3n) is 2.91. The molecule has 0 radical (unpaired) electrons. The van der Waals surface area contributed by atoms with Gasteiger partial charge in [0.15, 0.2) is 17.4 Å². The summed E-state index contributed by atoms with van der Waals surface area (Å²) < 4.78 is 101. The van der Waals surface area contributed by atoms with Gasteiger partial charge in [0.1, 0.15) is 25.1 Å². The van der Waals surface area contributed by atoms with Crippen molar-refractivity contribution in [1.29, 1.82) is 0 Å². The van der Waals surface area contributed by atoms with Crippen LogP contribution < -0.4 is 4.74 Å². The van der Waals surface area contributed by atoms with Crippen LogP contribution in [0.25, 0.3) is 0 Å². The van der Waals surface area contributed by atoms with Gasteiger partial charge < -0.3 is 4.74 Å². The first-order valence-electron chi connectivity index (χ1n) is 5.68. The smallest absolute Gasteiger partial charge is 0.356 e. The van der Waals surface area contributed by atoms with Gasteiger partial charge in [-0.05, 0) is 0 Å². The van der Waals surface area contributed by atoms with Crippen LogP contribution >= 0.6 is 58.0 Å². The normalized spacial score (nSPS) is 19.5. The van der Waals surface area contributed by atoms with Crippen molar-refractivity contribution in [3.8, 4) is 5.75 Å². The topological polar surface area (TPSA) is 9.23 Å². The zero-order valence-corrected chi connectivity index (χ0v) is 14.7. The number of rotatable bonds is 2. The first kappa shape index (κ1) is 20.8. The molecule has 0 heterocycles. The molecule has 13 heteroatoms. The summed E-state index contributed by atoms with van der Waals surface area (Å²) >= 11 is 25.9. The van der Waals surface area contributed by atoms with E-state index in [1.54, 1.807) is 0 Å². The second-order valence-corrected chi connectivity index (χ2v) is 6.32. The van der Waals surface area contributed by atoms with Gasteiger partial charge in [-0.1, -0.05) is 58.0 Å². The number of halogens is 12. The first-order chi connectivity index (χ1) is 11.3. The number of alkyl halides is 3. The molecule has 1 aliphatic rings. The molecule has 2 rings (SSSR count). The van der Waals surface area contributed by atoms with Crippen molar-refractivity contribution in [1.82, 2.24) is 0 Å². The number of allylic oxidation sites excluding steroid dienone is 2. The summed E-state index contributed by atoms with van der Waals surface area (Å²) in [5.74, 6) is -19.3. The molecule has 0 aromatic heterocycles. The fraction of sp³-hybridized carbons (Fsp3) is 0.167. The van der Waals surface area contributed by atoms with E-state index in [4.69, 9.17) is 58.0 Å². The van der Waals surface area contributed by atoms with Crippen LogP contribution in [0.5, 0.6) is 5.75 Å². The van der Waals surface area contributed by atoms with Gasteiger partial charge >= 0.3 is 11.8 Å². The molecule has 0 fully saturated rings. The van der Waals surface area contributed by atoms with Gasteiger partial charge in [-0.15, -0.1) is 0 Å². The number of hydrogen-bond acceptors (Lipinski definition) is 1. The van der Waals surface area contributed by atoms with Crippen molar-refractivity contribution in [2.75, 3.05) is 0 Å². The summed E-state index contributed by atoms with van der Waals surface area (Å²) in [6.07, 6.45) is 0.